The van der Waals surface area contributed by atoms with Crippen LogP contribution in [0.15, 0.2) is 42.6 Å². The van der Waals surface area contributed by atoms with Crippen molar-refractivity contribution in [2.75, 3.05) is 18.2 Å². The number of hydrogen-bond donors (Lipinski definition) is 2. The fourth-order valence-corrected chi connectivity index (χ4v) is 1.92. The zero-order valence-corrected chi connectivity index (χ0v) is 11.6. The summed E-state index contributed by atoms with van der Waals surface area (Å²) in [5.74, 6) is -0.0407. The number of benzene rings is 1. The summed E-state index contributed by atoms with van der Waals surface area (Å²) in [7, 11) is 1.33. The number of nitrogens with zero attached hydrogens (tertiary/aromatic N) is 1. The van der Waals surface area contributed by atoms with Gasteiger partial charge in [-0.3, -0.25) is 0 Å². The number of carbonyl (C=O) groups excluding carboxylic acids is 1. The molecule has 1 aromatic heterocycles. The summed E-state index contributed by atoms with van der Waals surface area (Å²) in [4.78, 5) is 16.0. The first-order valence-corrected chi connectivity index (χ1v) is 6.30. The molecule has 1 atom stereocenters. The number of pyridine rings is 1. The van der Waals surface area contributed by atoms with Crippen molar-refractivity contribution in [3.05, 3.63) is 53.2 Å². The maximum absolute atomic E-state index is 11.9. The van der Waals surface area contributed by atoms with Crippen LogP contribution in [0, 0.1) is 0 Å². The highest BCUT2D eigenvalue weighted by Crippen LogP contribution is 2.25. The molecule has 2 aromatic rings. The van der Waals surface area contributed by atoms with Gasteiger partial charge >= 0.3 is 5.97 Å². The van der Waals surface area contributed by atoms with E-state index >= 15 is 0 Å². The van der Waals surface area contributed by atoms with Crippen LogP contribution in [0.2, 0.25) is 5.02 Å². The molecular formula is C14H14ClN3O2. The molecule has 2 rings (SSSR count). The molecule has 0 fully saturated rings. The van der Waals surface area contributed by atoms with Gasteiger partial charge < -0.3 is 15.8 Å². The fourth-order valence-electron chi connectivity index (χ4n) is 1.75. The lowest BCUT2D eigenvalue weighted by atomic mass is 10.1. The largest absolute Gasteiger partial charge is 0.467 e. The van der Waals surface area contributed by atoms with E-state index < -0.39 is 12.0 Å². The summed E-state index contributed by atoms with van der Waals surface area (Å²) in [6, 6.07) is 10.1. The number of nitrogens with one attached hydrogen (secondary N) is 1. The quantitative estimate of drug-likeness (QED) is 0.847. The molecule has 0 spiro atoms. The molecule has 1 unspecified atom stereocenters. The Bertz CT molecular complexity index is 605. The normalized spacial score (nSPS) is 11.7. The van der Waals surface area contributed by atoms with E-state index in [1.165, 1.54) is 13.3 Å². The molecule has 104 valence electrons. The molecule has 1 aromatic carbocycles. The van der Waals surface area contributed by atoms with Crippen molar-refractivity contribution in [1.29, 1.82) is 0 Å². The molecule has 5 nitrogen and oxygen atoms in total. The van der Waals surface area contributed by atoms with Crippen molar-refractivity contribution < 1.29 is 9.53 Å². The van der Waals surface area contributed by atoms with E-state index in [4.69, 9.17) is 22.1 Å². The van der Waals surface area contributed by atoms with Gasteiger partial charge in [0, 0.05) is 6.20 Å². The van der Waals surface area contributed by atoms with Gasteiger partial charge in [0.15, 0.2) is 6.04 Å². The number of nitrogens with two attached hydrogens (primary N) is 1. The minimum Gasteiger partial charge on any atom is -0.467 e. The van der Waals surface area contributed by atoms with Crippen molar-refractivity contribution in [2.24, 2.45) is 0 Å². The van der Waals surface area contributed by atoms with Gasteiger partial charge in [0.05, 0.1) is 17.8 Å². The Morgan fingerprint density at radius 2 is 2.10 bits per heavy atom. The molecule has 0 aliphatic heterocycles. The average molecular weight is 292 g/mol. The van der Waals surface area contributed by atoms with Crippen LogP contribution >= 0.6 is 11.6 Å². The lowest BCUT2D eigenvalue weighted by molar-refractivity contribution is -0.141. The predicted molar refractivity (Wildman–Crippen MR) is 78.5 cm³/mol. The van der Waals surface area contributed by atoms with Crippen LogP contribution in [0.25, 0.3) is 0 Å². The van der Waals surface area contributed by atoms with E-state index in [0.29, 0.717) is 16.5 Å². The Kier molecular flexibility index (Phi) is 4.42. The highest BCUT2D eigenvalue weighted by Gasteiger charge is 2.22. The summed E-state index contributed by atoms with van der Waals surface area (Å²) >= 11 is 5.80. The van der Waals surface area contributed by atoms with Crippen molar-refractivity contribution in [1.82, 2.24) is 4.98 Å². The first-order chi connectivity index (χ1) is 9.61. The first kappa shape index (κ1) is 14.1. The van der Waals surface area contributed by atoms with Crippen LogP contribution in [-0.2, 0) is 9.53 Å². The topological polar surface area (TPSA) is 77.2 Å². The molecule has 0 radical (unpaired) electrons. The second kappa shape index (κ2) is 6.25. The third-order valence-electron chi connectivity index (χ3n) is 2.73. The first-order valence-electron chi connectivity index (χ1n) is 5.92. The smallest absolute Gasteiger partial charge is 0.333 e. The Labute approximate surface area is 121 Å². The molecule has 0 saturated heterocycles. The standard InChI is InChI=1S/C14H14ClN3O2/c1-20-14(19)12(9-5-3-2-4-6-9)18-13-11(16)7-10(15)8-17-13/h2-8,12H,16H2,1H3,(H,17,18). The molecule has 3 N–H and O–H groups in total. The zero-order chi connectivity index (χ0) is 14.5. The summed E-state index contributed by atoms with van der Waals surface area (Å²) < 4.78 is 4.81. The summed E-state index contributed by atoms with van der Waals surface area (Å²) in [6.07, 6.45) is 1.46. The second-order valence-electron chi connectivity index (χ2n) is 4.10. The Morgan fingerprint density at radius 1 is 1.40 bits per heavy atom. The number of rotatable bonds is 4. The Morgan fingerprint density at radius 3 is 2.70 bits per heavy atom. The molecule has 0 bridgehead atoms. The van der Waals surface area contributed by atoms with Crippen molar-refractivity contribution in [3.8, 4) is 0 Å². The van der Waals surface area contributed by atoms with Crippen LogP contribution in [0.4, 0.5) is 11.5 Å². The molecule has 20 heavy (non-hydrogen) atoms. The highest BCUT2D eigenvalue weighted by atomic mass is 35.5. The van der Waals surface area contributed by atoms with Gasteiger partial charge in [-0.2, -0.15) is 0 Å². The van der Waals surface area contributed by atoms with Gasteiger partial charge in [-0.05, 0) is 11.6 Å². The number of methoxy groups -OCH3 is 1. The zero-order valence-electron chi connectivity index (χ0n) is 10.8. The number of anilines is 2. The predicted octanol–water partition coefficient (Wildman–Crippen LogP) is 2.64. The second-order valence-corrected chi connectivity index (χ2v) is 4.54. The molecule has 0 saturated carbocycles. The lowest BCUT2D eigenvalue weighted by Gasteiger charge is -2.18. The Balaban J connectivity index is 2.31. The minimum absolute atomic E-state index is 0.363. The van der Waals surface area contributed by atoms with E-state index in [1.54, 1.807) is 6.07 Å². The van der Waals surface area contributed by atoms with Crippen molar-refractivity contribution in [2.45, 2.75) is 6.04 Å². The lowest BCUT2D eigenvalue weighted by Crippen LogP contribution is -2.23. The van der Waals surface area contributed by atoms with Crippen LogP contribution in [-0.4, -0.2) is 18.1 Å². The fraction of sp³-hybridized carbons (Fsp3) is 0.143. The van der Waals surface area contributed by atoms with Crippen molar-refractivity contribution in [3.63, 3.8) is 0 Å². The maximum Gasteiger partial charge on any atom is 0.333 e. The molecule has 1 heterocycles. The monoisotopic (exact) mass is 291 g/mol. The molecule has 6 heteroatoms. The summed E-state index contributed by atoms with van der Waals surface area (Å²) in [5, 5.41) is 3.40. The molecule has 0 amide bonds. The SMILES string of the molecule is COC(=O)C(Nc1ncc(Cl)cc1N)c1ccccc1. The van der Waals surface area contributed by atoms with Crippen LogP contribution in [0.5, 0.6) is 0 Å². The van der Waals surface area contributed by atoms with Gasteiger partial charge in [-0.1, -0.05) is 41.9 Å². The van der Waals surface area contributed by atoms with Gasteiger partial charge in [-0.25, -0.2) is 9.78 Å². The third kappa shape index (κ3) is 3.19. The number of ether oxygens (including phenoxy) is 1. The van der Waals surface area contributed by atoms with Crippen LogP contribution in [0.3, 0.4) is 0 Å². The number of nitrogen functional groups attached to an aromatic ring is 1. The maximum atomic E-state index is 11.9. The van der Waals surface area contributed by atoms with Gasteiger partial charge in [0.2, 0.25) is 0 Å². The minimum atomic E-state index is -0.683. The van der Waals surface area contributed by atoms with Gasteiger partial charge in [0.1, 0.15) is 5.82 Å². The number of carbonyl (C=O) groups is 1. The number of aromatic nitrogens is 1. The van der Waals surface area contributed by atoms with E-state index in [-0.39, 0.29) is 0 Å². The highest BCUT2D eigenvalue weighted by molar-refractivity contribution is 6.30. The average Bonchev–Trinajstić information content (AvgIpc) is 2.46. The van der Waals surface area contributed by atoms with Gasteiger partial charge in [0.25, 0.3) is 0 Å². The molecule has 0 aliphatic carbocycles. The summed E-state index contributed by atoms with van der Waals surface area (Å²) in [6.45, 7) is 0. The van der Waals surface area contributed by atoms with Crippen LogP contribution < -0.4 is 11.1 Å². The van der Waals surface area contributed by atoms with E-state index in [9.17, 15) is 4.79 Å². The molecular weight excluding hydrogens is 278 g/mol. The number of esters is 1. The van der Waals surface area contributed by atoms with E-state index in [0.717, 1.165) is 5.56 Å². The molecule has 0 aliphatic rings. The van der Waals surface area contributed by atoms with E-state index in [2.05, 4.69) is 10.3 Å². The van der Waals surface area contributed by atoms with E-state index in [1.807, 2.05) is 30.3 Å². The Hall–Kier alpha value is -2.27. The van der Waals surface area contributed by atoms with Crippen molar-refractivity contribution >= 4 is 29.1 Å². The van der Waals surface area contributed by atoms with Crippen LogP contribution in [0.1, 0.15) is 11.6 Å². The van der Waals surface area contributed by atoms with Gasteiger partial charge in [-0.15, -0.1) is 0 Å². The third-order valence-corrected chi connectivity index (χ3v) is 2.94. The summed E-state index contributed by atoms with van der Waals surface area (Å²) in [5.41, 5.74) is 6.95. The number of halogens is 1. The number of hydrogen-bond acceptors (Lipinski definition) is 5.